The quantitative estimate of drug-likeness (QED) is 0.709. The van der Waals surface area contributed by atoms with Crippen LogP contribution in [-0.2, 0) is 14.6 Å². The Bertz CT molecular complexity index is 429. The second-order valence-corrected chi connectivity index (χ2v) is 7.58. The number of sulfone groups is 1. The predicted octanol–water partition coefficient (Wildman–Crippen LogP) is -0.00790. The van der Waals surface area contributed by atoms with E-state index < -0.39 is 15.3 Å². The Hall–Kier alpha value is -0.690. The molecule has 0 aromatic rings. The van der Waals surface area contributed by atoms with E-state index in [1.54, 1.807) is 13.8 Å². The molecular formula is C10H18N2O3S2. The number of amides is 1. The van der Waals surface area contributed by atoms with Crippen molar-refractivity contribution in [1.29, 1.82) is 0 Å². The molecule has 7 heteroatoms. The third-order valence-electron chi connectivity index (χ3n) is 2.98. The van der Waals surface area contributed by atoms with Gasteiger partial charge in [0, 0.05) is 6.04 Å². The number of carbonyl (C=O) groups is 1. The summed E-state index contributed by atoms with van der Waals surface area (Å²) in [4.78, 5) is 12.0. The van der Waals surface area contributed by atoms with E-state index in [0.717, 1.165) is 0 Å². The topological polar surface area (TPSA) is 89.3 Å². The van der Waals surface area contributed by atoms with Crippen molar-refractivity contribution < 1.29 is 13.2 Å². The molecule has 98 valence electrons. The first-order chi connectivity index (χ1) is 7.65. The van der Waals surface area contributed by atoms with E-state index in [1.807, 2.05) is 0 Å². The first kappa shape index (κ1) is 14.4. The molecule has 0 bridgehead atoms. The first-order valence-electron chi connectivity index (χ1n) is 5.46. The highest BCUT2D eigenvalue weighted by molar-refractivity contribution is 7.91. The van der Waals surface area contributed by atoms with Crippen LogP contribution in [0.4, 0.5) is 0 Å². The summed E-state index contributed by atoms with van der Waals surface area (Å²) >= 11 is 4.82. The summed E-state index contributed by atoms with van der Waals surface area (Å²) in [7, 11) is -3.02. The lowest BCUT2D eigenvalue weighted by molar-refractivity contribution is -0.126. The third kappa shape index (κ3) is 3.64. The van der Waals surface area contributed by atoms with E-state index in [4.69, 9.17) is 18.0 Å². The van der Waals surface area contributed by atoms with Crippen molar-refractivity contribution >= 4 is 33.0 Å². The molecule has 1 aliphatic rings. The summed E-state index contributed by atoms with van der Waals surface area (Å²) in [5, 5.41) is 2.71. The Morgan fingerprint density at radius 2 is 2.06 bits per heavy atom. The van der Waals surface area contributed by atoms with Gasteiger partial charge in [0.25, 0.3) is 0 Å². The fraction of sp³-hybridized carbons (Fsp3) is 0.800. The molecule has 0 aromatic carbocycles. The molecule has 1 atom stereocenters. The van der Waals surface area contributed by atoms with Crippen molar-refractivity contribution in [3.63, 3.8) is 0 Å². The number of hydrogen-bond acceptors (Lipinski definition) is 4. The van der Waals surface area contributed by atoms with Gasteiger partial charge in [-0.15, -0.1) is 0 Å². The number of hydrogen-bond donors (Lipinski definition) is 2. The smallest absolute Gasteiger partial charge is 0.232 e. The molecule has 5 nitrogen and oxygen atoms in total. The van der Waals surface area contributed by atoms with Crippen LogP contribution in [-0.4, -0.2) is 36.9 Å². The molecule has 1 aliphatic heterocycles. The first-order valence-corrected chi connectivity index (χ1v) is 7.69. The van der Waals surface area contributed by atoms with Crippen LogP contribution in [0.3, 0.4) is 0 Å². The second kappa shape index (κ2) is 4.89. The fourth-order valence-electron chi connectivity index (χ4n) is 1.61. The van der Waals surface area contributed by atoms with E-state index in [1.165, 1.54) is 0 Å². The standard InChI is InChI=1S/C10H18N2O3S2/c1-10(2,8(11)16)9(13)12-7-4-3-5-17(14,15)6-7/h7H,3-6H2,1-2H3,(H2,11,16)(H,12,13). The van der Waals surface area contributed by atoms with Crippen LogP contribution in [0.2, 0.25) is 0 Å². The molecule has 1 amide bonds. The Morgan fingerprint density at radius 3 is 2.53 bits per heavy atom. The molecule has 0 spiro atoms. The molecule has 3 N–H and O–H groups in total. The van der Waals surface area contributed by atoms with E-state index >= 15 is 0 Å². The van der Waals surface area contributed by atoms with Crippen LogP contribution in [0.25, 0.3) is 0 Å². The van der Waals surface area contributed by atoms with Gasteiger partial charge in [-0.1, -0.05) is 12.2 Å². The highest BCUT2D eigenvalue weighted by Crippen LogP contribution is 2.18. The van der Waals surface area contributed by atoms with Gasteiger partial charge in [-0.25, -0.2) is 8.42 Å². The Balaban J connectivity index is 2.67. The lowest BCUT2D eigenvalue weighted by atomic mass is 9.92. The van der Waals surface area contributed by atoms with E-state index in [0.29, 0.717) is 12.8 Å². The van der Waals surface area contributed by atoms with Crippen LogP contribution in [0.5, 0.6) is 0 Å². The lowest BCUT2D eigenvalue weighted by Crippen LogP contribution is -2.51. The maximum Gasteiger partial charge on any atom is 0.232 e. The van der Waals surface area contributed by atoms with Crippen LogP contribution >= 0.6 is 12.2 Å². The summed E-state index contributed by atoms with van der Waals surface area (Å²) < 4.78 is 22.8. The van der Waals surface area contributed by atoms with Crippen LogP contribution < -0.4 is 11.1 Å². The van der Waals surface area contributed by atoms with Gasteiger partial charge < -0.3 is 11.1 Å². The normalized spacial score (nSPS) is 24.0. The zero-order chi connectivity index (χ0) is 13.3. The average molecular weight is 278 g/mol. The summed E-state index contributed by atoms with van der Waals surface area (Å²) in [5.41, 5.74) is 4.53. The zero-order valence-electron chi connectivity index (χ0n) is 10.0. The van der Waals surface area contributed by atoms with Crippen LogP contribution in [0.1, 0.15) is 26.7 Å². The van der Waals surface area contributed by atoms with Gasteiger partial charge in [-0.05, 0) is 26.7 Å². The van der Waals surface area contributed by atoms with Crippen molar-refractivity contribution in [3.8, 4) is 0 Å². The van der Waals surface area contributed by atoms with Gasteiger partial charge in [-0.2, -0.15) is 0 Å². The summed E-state index contributed by atoms with van der Waals surface area (Å²) in [6, 6.07) is -0.324. The fourth-order valence-corrected chi connectivity index (χ4v) is 3.34. The molecule has 1 fully saturated rings. The number of thiocarbonyl (C=S) groups is 1. The molecule has 0 radical (unpaired) electrons. The lowest BCUT2D eigenvalue weighted by Gasteiger charge is -2.28. The highest BCUT2D eigenvalue weighted by Gasteiger charge is 2.34. The molecule has 1 heterocycles. The number of carbonyl (C=O) groups excluding carboxylic acids is 1. The van der Waals surface area contributed by atoms with Crippen molar-refractivity contribution in [2.75, 3.05) is 11.5 Å². The van der Waals surface area contributed by atoms with Gasteiger partial charge in [0.15, 0.2) is 9.84 Å². The van der Waals surface area contributed by atoms with Crippen LogP contribution in [0.15, 0.2) is 0 Å². The third-order valence-corrected chi connectivity index (χ3v) is 5.31. The molecule has 1 rings (SSSR count). The molecule has 0 saturated carbocycles. The van der Waals surface area contributed by atoms with Gasteiger partial charge in [0.1, 0.15) is 0 Å². The SMILES string of the molecule is CC(C)(C(=O)NC1CCCS(=O)(=O)C1)C(N)=S. The minimum Gasteiger partial charge on any atom is -0.392 e. The predicted molar refractivity (Wildman–Crippen MR) is 70.4 cm³/mol. The van der Waals surface area contributed by atoms with Gasteiger partial charge in [0.2, 0.25) is 5.91 Å². The minimum atomic E-state index is -3.02. The van der Waals surface area contributed by atoms with E-state index in [9.17, 15) is 13.2 Å². The minimum absolute atomic E-state index is 0.00610. The van der Waals surface area contributed by atoms with Gasteiger partial charge in [0.05, 0.1) is 21.9 Å². The zero-order valence-corrected chi connectivity index (χ0v) is 11.7. The molecule has 1 saturated heterocycles. The number of rotatable bonds is 3. The number of nitrogens with two attached hydrogens (primary N) is 1. The molecule has 17 heavy (non-hydrogen) atoms. The molecule has 1 unspecified atom stereocenters. The van der Waals surface area contributed by atoms with Gasteiger partial charge >= 0.3 is 0 Å². The molecule has 0 aliphatic carbocycles. The van der Waals surface area contributed by atoms with E-state index in [-0.39, 0.29) is 28.4 Å². The summed E-state index contributed by atoms with van der Waals surface area (Å²) in [6.45, 7) is 3.25. The summed E-state index contributed by atoms with van der Waals surface area (Å²) in [6.07, 6.45) is 1.26. The highest BCUT2D eigenvalue weighted by atomic mass is 32.2. The maximum atomic E-state index is 11.9. The largest absolute Gasteiger partial charge is 0.392 e. The maximum absolute atomic E-state index is 11.9. The average Bonchev–Trinajstić information content (AvgIpc) is 2.15. The van der Waals surface area contributed by atoms with Crippen molar-refractivity contribution in [2.45, 2.75) is 32.7 Å². The molecular weight excluding hydrogens is 260 g/mol. The Morgan fingerprint density at radius 1 is 1.47 bits per heavy atom. The van der Waals surface area contributed by atoms with Crippen molar-refractivity contribution in [2.24, 2.45) is 11.1 Å². The van der Waals surface area contributed by atoms with Crippen LogP contribution in [0, 0.1) is 5.41 Å². The Kier molecular flexibility index (Phi) is 4.14. The van der Waals surface area contributed by atoms with Crippen molar-refractivity contribution in [1.82, 2.24) is 5.32 Å². The second-order valence-electron chi connectivity index (χ2n) is 4.92. The summed E-state index contributed by atoms with van der Waals surface area (Å²) in [5.74, 6) is -0.100. The van der Waals surface area contributed by atoms with E-state index in [2.05, 4.69) is 5.32 Å². The Labute approximate surface area is 107 Å². The van der Waals surface area contributed by atoms with Gasteiger partial charge in [-0.3, -0.25) is 4.79 Å². The molecule has 0 aromatic heterocycles. The monoisotopic (exact) mass is 278 g/mol. The number of nitrogens with one attached hydrogen (secondary N) is 1. The van der Waals surface area contributed by atoms with Crippen molar-refractivity contribution in [3.05, 3.63) is 0 Å².